The highest BCUT2D eigenvalue weighted by Gasteiger charge is 2.32. The molecule has 0 saturated carbocycles. The van der Waals surface area contributed by atoms with Crippen LogP contribution in [0.2, 0.25) is 5.02 Å². The zero-order chi connectivity index (χ0) is 18.3. The summed E-state index contributed by atoms with van der Waals surface area (Å²) >= 11 is 5.92. The highest BCUT2D eigenvalue weighted by molar-refractivity contribution is 6.32. The molecule has 0 amide bonds. The Morgan fingerprint density at radius 2 is 1.73 bits per heavy atom. The molecule has 0 aliphatic carbocycles. The summed E-state index contributed by atoms with van der Waals surface area (Å²) in [6, 6.07) is 16.8. The highest BCUT2D eigenvalue weighted by atomic mass is 35.5. The molecule has 1 aromatic heterocycles. The van der Waals surface area contributed by atoms with Crippen molar-refractivity contribution in [3.63, 3.8) is 0 Å². The van der Waals surface area contributed by atoms with Gasteiger partial charge in [-0.05, 0) is 42.8 Å². The molecule has 3 aromatic rings. The molecule has 0 saturated heterocycles. The fraction of sp³-hybridized carbons (Fsp3) is 0.0500. The van der Waals surface area contributed by atoms with E-state index in [1.165, 1.54) is 0 Å². The maximum atomic E-state index is 8.60. The largest absolute Gasteiger partial charge is 0.420 e. The van der Waals surface area contributed by atoms with Crippen molar-refractivity contribution in [1.82, 2.24) is 9.78 Å². The Morgan fingerprint density at radius 3 is 2.42 bits per heavy atom. The van der Waals surface area contributed by atoms with E-state index in [-0.39, 0.29) is 11.6 Å². The Labute approximate surface area is 155 Å². The number of fused-ring (bicyclic) bond motifs is 1. The lowest BCUT2D eigenvalue weighted by Gasteiger charge is -2.19. The van der Waals surface area contributed by atoms with E-state index in [0.29, 0.717) is 27.7 Å². The molecule has 0 spiro atoms. The molecule has 0 bridgehead atoms. The van der Waals surface area contributed by atoms with Gasteiger partial charge in [0.05, 0.1) is 28.2 Å². The molecule has 26 heavy (non-hydrogen) atoms. The lowest BCUT2D eigenvalue weighted by molar-refractivity contribution is 0.496. The quantitative estimate of drug-likeness (QED) is 0.696. The zero-order valence-corrected chi connectivity index (χ0v) is 14.7. The Balaban J connectivity index is 1.81. The van der Waals surface area contributed by atoms with Gasteiger partial charge in [0.15, 0.2) is 0 Å². The van der Waals surface area contributed by atoms with E-state index in [9.17, 15) is 0 Å². The van der Waals surface area contributed by atoms with Crippen LogP contribution in [0.4, 0.5) is 0 Å². The van der Waals surface area contributed by atoms with E-state index in [2.05, 4.69) is 5.10 Å². The predicted molar refractivity (Wildman–Crippen MR) is 103 cm³/mol. The van der Waals surface area contributed by atoms with Crippen molar-refractivity contribution < 1.29 is 4.74 Å². The summed E-state index contributed by atoms with van der Waals surface area (Å²) in [6.45, 7) is 1.84. The van der Waals surface area contributed by atoms with Crippen LogP contribution in [0.5, 0.6) is 5.88 Å². The number of aromatic nitrogens is 2. The van der Waals surface area contributed by atoms with Crippen molar-refractivity contribution in [1.29, 1.82) is 10.8 Å². The molecule has 2 N–H and O–H groups in total. The number of hydrogen-bond donors (Lipinski definition) is 2. The smallest absolute Gasteiger partial charge is 0.234 e. The minimum atomic E-state index is -0.0745. The lowest BCUT2D eigenvalue weighted by atomic mass is 9.98. The summed E-state index contributed by atoms with van der Waals surface area (Å²) in [7, 11) is 0. The van der Waals surface area contributed by atoms with Crippen LogP contribution < -0.4 is 4.74 Å². The second-order valence-corrected chi connectivity index (χ2v) is 6.37. The second-order valence-electron chi connectivity index (χ2n) is 5.93. The van der Waals surface area contributed by atoms with E-state index in [1.54, 1.807) is 22.9 Å². The van der Waals surface area contributed by atoms with E-state index in [0.717, 1.165) is 11.3 Å². The maximum Gasteiger partial charge on any atom is 0.234 e. The molecule has 1 aliphatic heterocycles. The summed E-state index contributed by atoms with van der Waals surface area (Å²) in [5.74, 6) is 0.325. The fourth-order valence-corrected chi connectivity index (χ4v) is 3.02. The molecule has 5 nitrogen and oxygen atoms in total. The monoisotopic (exact) mass is 362 g/mol. The predicted octanol–water partition coefficient (Wildman–Crippen LogP) is 4.66. The summed E-state index contributed by atoms with van der Waals surface area (Å²) in [5.41, 5.74) is 3.59. The SMILES string of the molecule is Cc1nn(-c2ccccc2)c2c1C(=N)/C(=C\c1ccc(Cl)cc1)C(=N)O2. The molecule has 128 valence electrons. The number of ether oxygens (including phenoxy) is 1. The minimum Gasteiger partial charge on any atom is -0.420 e. The van der Waals surface area contributed by atoms with Gasteiger partial charge in [0.1, 0.15) is 0 Å². The standard InChI is InChI=1S/C20H15ClN4O/c1-12-17-18(22)16(11-13-7-9-14(21)10-8-13)19(23)26-20(17)25(24-12)15-5-3-2-4-6-15/h2-11,22-23H,1H3/b16-11+,22-18?,23-19?. The molecule has 4 rings (SSSR count). The van der Waals surface area contributed by atoms with Crippen molar-refractivity contribution in [3.05, 3.63) is 82.0 Å². The van der Waals surface area contributed by atoms with E-state index in [1.807, 2.05) is 49.4 Å². The van der Waals surface area contributed by atoms with Gasteiger partial charge in [0, 0.05) is 5.02 Å². The molecule has 0 radical (unpaired) electrons. The Kier molecular flexibility index (Phi) is 3.93. The third-order valence-corrected chi connectivity index (χ3v) is 4.41. The third kappa shape index (κ3) is 2.72. The van der Waals surface area contributed by atoms with Crippen LogP contribution in [0, 0.1) is 17.7 Å². The molecular formula is C20H15ClN4O. The highest BCUT2D eigenvalue weighted by Crippen LogP contribution is 2.33. The molecule has 6 heteroatoms. The Morgan fingerprint density at radius 1 is 1.04 bits per heavy atom. The van der Waals surface area contributed by atoms with E-state index < -0.39 is 0 Å². The topological polar surface area (TPSA) is 74.8 Å². The van der Waals surface area contributed by atoms with Crippen LogP contribution in [0.3, 0.4) is 0 Å². The summed E-state index contributed by atoms with van der Waals surface area (Å²) in [6.07, 6.45) is 1.75. The molecule has 1 aliphatic rings. The molecule has 2 aromatic carbocycles. The molecule has 2 heterocycles. The van der Waals surface area contributed by atoms with Gasteiger partial charge in [-0.3, -0.25) is 10.8 Å². The summed E-state index contributed by atoms with van der Waals surface area (Å²) in [4.78, 5) is 0. The molecular weight excluding hydrogens is 348 g/mol. The number of aryl methyl sites for hydroxylation is 1. The molecule has 0 atom stereocenters. The van der Waals surface area contributed by atoms with Gasteiger partial charge in [-0.25, -0.2) is 0 Å². The molecule has 0 fully saturated rings. The second kappa shape index (κ2) is 6.28. The van der Waals surface area contributed by atoms with Gasteiger partial charge in [-0.1, -0.05) is 41.9 Å². The number of nitrogens with one attached hydrogen (secondary N) is 2. The van der Waals surface area contributed by atoms with Crippen LogP contribution in [-0.2, 0) is 0 Å². The van der Waals surface area contributed by atoms with Crippen LogP contribution in [-0.4, -0.2) is 21.4 Å². The van der Waals surface area contributed by atoms with Crippen molar-refractivity contribution in [2.45, 2.75) is 6.92 Å². The van der Waals surface area contributed by atoms with Gasteiger partial charge in [0.25, 0.3) is 0 Å². The van der Waals surface area contributed by atoms with Crippen LogP contribution >= 0.6 is 11.6 Å². The minimum absolute atomic E-state index is 0.0745. The Hall–Kier alpha value is -3.18. The number of halogens is 1. The van der Waals surface area contributed by atoms with Gasteiger partial charge in [-0.15, -0.1) is 0 Å². The van der Waals surface area contributed by atoms with Gasteiger partial charge >= 0.3 is 0 Å². The van der Waals surface area contributed by atoms with Crippen LogP contribution in [0.1, 0.15) is 16.8 Å². The van der Waals surface area contributed by atoms with Crippen LogP contribution in [0.15, 0.2) is 60.2 Å². The first-order valence-corrected chi connectivity index (χ1v) is 8.41. The normalized spacial score (nSPS) is 15.1. The summed E-state index contributed by atoms with van der Waals surface area (Å²) in [5, 5.41) is 22.0. The van der Waals surface area contributed by atoms with Crippen molar-refractivity contribution >= 4 is 29.3 Å². The van der Waals surface area contributed by atoms with Crippen LogP contribution in [0.25, 0.3) is 11.8 Å². The molecule has 0 unspecified atom stereocenters. The number of rotatable bonds is 2. The first-order chi connectivity index (χ1) is 12.5. The first kappa shape index (κ1) is 16.3. The fourth-order valence-electron chi connectivity index (χ4n) is 2.90. The zero-order valence-electron chi connectivity index (χ0n) is 14.0. The average molecular weight is 363 g/mol. The van der Waals surface area contributed by atoms with E-state index >= 15 is 0 Å². The third-order valence-electron chi connectivity index (χ3n) is 4.16. The lowest BCUT2D eigenvalue weighted by Crippen LogP contribution is -2.25. The number of benzene rings is 2. The average Bonchev–Trinajstić information content (AvgIpc) is 2.97. The maximum absolute atomic E-state index is 8.60. The number of nitrogens with zero attached hydrogens (tertiary/aromatic N) is 2. The van der Waals surface area contributed by atoms with Gasteiger partial charge in [0.2, 0.25) is 11.8 Å². The number of para-hydroxylation sites is 1. The van der Waals surface area contributed by atoms with Crippen molar-refractivity contribution in [2.75, 3.05) is 0 Å². The van der Waals surface area contributed by atoms with Gasteiger partial charge < -0.3 is 4.74 Å². The van der Waals surface area contributed by atoms with E-state index in [4.69, 9.17) is 27.2 Å². The first-order valence-electron chi connectivity index (χ1n) is 8.03. The van der Waals surface area contributed by atoms with Gasteiger partial charge in [-0.2, -0.15) is 9.78 Å². The Bertz CT molecular complexity index is 1050. The summed E-state index contributed by atoms with van der Waals surface area (Å²) < 4.78 is 7.40. The van der Waals surface area contributed by atoms with Crippen molar-refractivity contribution in [2.24, 2.45) is 0 Å². The number of hydrogen-bond acceptors (Lipinski definition) is 4. The van der Waals surface area contributed by atoms with Crippen molar-refractivity contribution in [3.8, 4) is 11.6 Å².